The van der Waals surface area contributed by atoms with E-state index in [9.17, 15) is 9.18 Å². The molecule has 0 bridgehead atoms. The van der Waals surface area contributed by atoms with Gasteiger partial charge in [-0.2, -0.15) is 0 Å². The van der Waals surface area contributed by atoms with E-state index in [0.29, 0.717) is 24.8 Å². The number of carbonyl (C=O) groups excluding carboxylic acids is 1. The molecule has 0 heterocycles. The summed E-state index contributed by atoms with van der Waals surface area (Å²) < 4.78 is 13.8. The molecule has 1 nitrogen and oxygen atoms in total. The van der Waals surface area contributed by atoms with E-state index in [4.69, 9.17) is 0 Å². The normalized spacial score (nSPS) is 15.3. The first-order valence-electron chi connectivity index (χ1n) is 7.76. The monoisotopic (exact) mass is 306 g/mol. The van der Waals surface area contributed by atoms with Gasteiger partial charge in [-0.05, 0) is 48.1 Å². The maximum Gasteiger partial charge on any atom is 0.174 e. The topological polar surface area (TPSA) is 17.1 Å². The van der Waals surface area contributed by atoms with E-state index < -0.39 is 5.41 Å². The predicted octanol–water partition coefficient (Wildman–Crippen LogP) is 5.00. The summed E-state index contributed by atoms with van der Waals surface area (Å²) in [6.07, 6.45) is 5.17. The minimum absolute atomic E-state index is 0.0447. The van der Waals surface area contributed by atoms with E-state index in [2.05, 4.69) is 13.2 Å². The average Bonchev–Trinajstić information content (AvgIpc) is 2.64. The number of Topliss-reactive ketones (excluding diaryl/α,β-unsaturated/α-hetero) is 1. The molecule has 0 aromatic heterocycles. The van der Waals surface area contributed by atoms with Crippen molar-refractivity contribution in [2.75, 3.05) is 0 Å². The highest BCUT2D eigenvalue weighted by Gasteiger charge is 2.42. The first-order valence-corrected chi connectivity index (χ1v) is 7.76. The van der Waals surface area contributed by atoms with Crippen LogP contribution in [0, 0.1) is 5.82 Å². The maximum absolute atomic E-state index is 13.8. The van der Waals surface area contributed by atoms with E-state index in [1.807, 2.05) is 24.3 Å². The van der Waals surface area contributed by atoms with Gasteiger partial charge in [0.1, 0.15) is 5.82 Å². The highest BCUT2D eigenvalue weighted by Crippen LogP contribution is 2.42. The Morgan fingerprint density at radius 2 is 1.74 bits per heavy atom. The van der Waals surface area contributed by atoms with Gasteiger partial charge in [-0.1, -0.05) is 42.5 Å². The summed E-state index contributed by atoms with van der Waals surface area (Å²) >= 11 is 0. The molecule has 23 heavy (non-hydrogen) atoms. The Morgan fingerprint density at radius 3 is 2.43 bits per heavy atom. The lowest BCUT2D eigenvalue weighted by Crippen LogP contribution is -2.35. The fourth-order valence-corrected chi connectivity index (χ4v) is 3.62. The Labute approximate surface area is 136 Å². The van der Waals surface area contributed by atoms with Gasteiger partial charge in [0.05, 0.1) is 5.41 Å². The molecule has 0 amide bonds. The van der Waals surface area contributed by atoms with Gasteiger partial charge < -0.3 is 0 Å². The van der Waals surface area contributed by atoms with Gasteiger partial charge >= 0.3 is 0 Å². The number of fused-ring (bicyclic) bond motifs is 2. The third-order valence-electron chi connectivity index (χ3n) is 4.65. The Kier molecular flexibility index (Phi) is 3.99. The molecule has 0 saturated heterocycles. The third-order valence-corrected chi connectivity index (χ3v) is 4.65. The molecule has 0 unspecified atom stereocenters. The van der Waals surface area contributed by atoms with Crippen molar-refractivity contribution in [2.45, 2.75) is 24.7 Å². The van der Waals surface area contributed by atoms with Crippen LogP contribution in [0.4, 0.5) is 4.39 Å². The van der Waals surface area contributed by atoms with E-state index in [0.717, 1.165) is 16.7 Å². The molecule has 1 aliphatic rings. The minimum atomic E-state index is -0.751. The molecule has 2 aromatic rings. The fraction of sp³-hybridized carbons (Fsp3) is 0.190. The third kappa shape index (κ3) is 2.44. The number of halogens is 1. The number of benzene rings is 2. The summed E-state index contributed by atoms with van der Waals surface area (Å²) in [5, 5.41) is 0. The van der Waals surface area contributed by atoms with Crippen molar-refractivity contribution in [1.82, 2.24) is 0 Å². The van der Waals surface area contributed by atoms with Crippen molar-refractivity contribution in [1.29, 1.82) is 0 Å². The molecule has 0 fully saturated rings. The molecule has 116 valence electrons. The van der Waals surface area contributed by atoms with Crippen LogP contribution in [0.1, 0.15) is 39.9 Å². The zero-order valence-electron chi connectivity index (χ0n) is 13.0. The zero-order valence-corrected chi connectivity index (χ0v) is 13.0. The first kappa shape index (κ1) is 15.4. The second kappa shape index (κ2) is 5.96. The predicted molar refractivity (Wildman–Crippen MR) is 91.3 cm³/mol. The standard InChI is InChI=1S/C21H19FO/c1-3-11-21(12-4-2)19-8-6-5-7-16(19)13-15-9-10-17(22)14-18(15)20(21)23/h3-10,14H,1-2,11-13H2. The molecule has 0 spiro atoms. The van der Waals surface area contributed by atoms with E-state index >= 15 is 0 Å². The lowest BCUT2D eigenvalue weighted by atomic mass is 9.69. The van der Waals surface area contributed by atoms with Crippen LogP contribution in [0.15, 0.2) is 67.8 Å². The van der Waals surface area contributed by atoms with Crippen LogP contribution in [0.2, 0.25) is 0 Å². The van der Waals surface area contributed by atoms with Gasteiger partial charge in [0.15, 0.2) is 5.78 Å². The molecule has 1 aliphatic carbocycles. The molecule has 0 aliphatic heterocycles. The summed E-state index contributed by atoms with van der Waals surface area (Å²) in [4.78, 5) is 13.4. The van der Waals surface area contributed by atoms with Crippen LogP contribution < -0.4 is 0 Å². The largest absolute Gasteiger partial charge is 0.293 e. The van der Waals surface area contributed by atoms with Crippen molar-refractivity contribution in [3.05, 3.63) is 95.8 Å². The molecular formula is C21H19FO. The zero-order chi connectivity index (χ0) is 16.4. The van der Waals surface area contributed by atoms with Crippen molar-refractivity contribution in [3.8, 4) is 0 Å². The van der Waals surface area contributed by atoms with Crippen LogP contribution in [-0.2, 0) is 11.8 Å². The molecule has 0 saturated carbocycles. The van der Waals surface area contributed by atoms with Crippen LogP contribution in [0.3, 0.4) is 0 Å². The minimum Gasteiger partial charge on any atom is -0.293 e. The molecule has 2 heteroatoms. The van der Waals surface area contributed by atoms with Gasteiger partial charge in [-0.25, -0.2) is 4.39 Å². The van der Waals surface area contributed by atoms with Crippen LogP contribution >= 0.6 is 0 Å². The Hall–Kier alpha value is -2.48. The molecule has 2 aromatic carbocycles. The summed E-state index contributed by atoms with van der Waals surface area (Å²) in [6.45, 7) is 7.67. The summed E-state index contributed by atoms with van der Waals surface area (Å²) in [5.74, 6) is -0.425. The number of hydrogen-bond acceptors (Lipinski definition) is 1. The van der Waals surface area contributed by atoms with Gasteiger partial charge in [0.2, 0.25) is 0 Å². The number of allylic oxidation sites excluding steroid dienone is 2. The Bertz CT molecular complexity index is 778. The molecule has 3 rings (SSSR count). The van der Waals surface area contributed by atoms with E-state index in [1.165, 1.54) is 12.1 Å². The Morgan fingerprint density at radius 1 is 1.04 bits per heavy atom. The van der Waals surface area contributed by atoms with Gasteiger partial charge in [-0.15, -0.1) is 13.2 Å². The van der Waals surface area contributed by atoms with Crippen molar-refractivity contribution in [2.24, 2.45) is 0 Å². The summed E-state index contributed by atoms with van der Waals surface area (Å²) in [5.41, 5.74) is 2.71. The number of ketones is 1. The fourth-order valence-electron chi connectivity index (χ4n) is 3.62. The highest BCUT2D eigenvalue weighted by atomic mass is 19.1. The number of carbonyl (C=O) groups is 1. The molecule has 0 atom stereocenters. The second-order valence-electron chi connectivity index (χ2n) is 6.03. The van der Waals surface area contributed by atoms with E-state index in [-0.39, 0.29) is 11.6 Å². The number of hydrogen-bond donors (Lipinski definition) is 0. The SMILES string of the molecule is C=CCC1(CC=C)C(=O)c2cc(F)ccc2Cc2ccccc21. The first-order chi connectivity index (χ1) is 11.1. The van der Waals surface area contributed by atoms with Crippen molar-refractivity contribution >= 4 is 5.78 Å². The number of rotatable bonds is 4. The highest BCUT2D eigenvalue weighted by molar-refractivity contribution is 6.06. The maximum atomic E-state index is 13.8. The lowest BCUT2D eigenvalue weighted by Gasteiger charge is -2.31. The quantitative estimate of drug-likeness (QED) is 0.726. The van der Waals surface area contributed by atoms with Gasteiger partial charge in [-0.3, -0.25) is 4.79 Å². The smallest absolute Gasteiger partial charge is 0.174 e. The van der Waals surface area contributed by atoms with Crippen molar-refractivity contribution < 1.29 is 9.18 Å². The van der Waals surface area contributed by atoms with Crippen LogP contribution in [0.25, 0.3) is 0 Å². The lowest BCUT2D eigenvalue weighted by molar-refractivity contribution is 0.0885. The van der Waals surface area contributed by atoms with Crippen LogP contribution in [-0.4, -0.2) is 5.78 Å². The molecule has 0 N–H and O–H groups in total. The van der Waals surface area contributed by atoms with Gasteiger partial charge in [0, 0.05) is 5.56 Å². The Balaban J connectivity index is 2.34. The van der Waals surface area contributed by atoms with E-state index in [1.54, 1.807) is 18.2 Å². The van der Waals surface area contributed by atoms with Gasteiger partial charge in [0.25, 0.3) is 0 Å². The second-order valence-corrected chi connectivity index (χ2v) is 6.03. The summed E-state index contributed by atoms with van der Waals surface area (Å²) in [6, 6.07) is 12.5. The van der Waals surface area contributed by atoms with Crippen molar-refractivity contribution in [3.63, 3.8) is 0 Å². The molecule has 0 radical (unpaired) electrons. The summed E-state index contributed by atoms with van der Waals surface area (Å²) in [7, 11) is 0. The average molecular weight is 306 g/mol. The molecular weight excluding hydrogens is 287 g/mol. The van der Waals surface area contributed by atoms with Crippen LogP contribution in [0.5, 0.6) is 0 Å².